The number of aromatic nitrogens is 1. The topological polar surface area (TPSA) is 28.2 Å². The van der Waals surface area contributed by atoms with Crippen LogP contribution in [0.1, 0.15) is 32.3 Å². The van der Waals surface area contributed by atoms with E-state index in [9.17, 15) is 0 Å². The van der Waals surface area contributed by atoms with Crippen molar-refractivity contribution in [3.8, 4) is 0 Å². The molecule has 100 valence electrons. The number of pyridine rings is 1. The summed E-state index contributed by atoms with van der Waals surface area (Å²) in [6, 6.07) is 4.94. The van der Waals surface area contributed by atoms with Crippen LogP contribution >= 0.6 is 0 Å². The first-order chi connectivity index (χ1) is 8.78. The molecule has 0 aromatic carbocycles. The normalized spacial score (nSPS) is 26.6. The van der Waals surface area contributed by atoms with Gasteiger partial charge in [0, 0.05) is 31.5 Å². The molecular weight excluding hydrogens is 222 g/mol. The lowest BCUT2D eigenvalue weighted by molar-refractivity contribution is 0.190. The van der Waals surface area contributed by atoms with Gasteiger partial charge in [0.05, 0.1) is 0 Å². The smallest absolute Gasteiger partial charge is 0.0271 e. The SMILES string of the molecule is CCC1CCN(Cc2ccncc2)CC(C)CN1. The summed E-state index contributed by atoms with van der Waals surface area (Å²) >= 11 is 0. The molecule has 2 unspecified atom stereocenters. The van der Waals surface area contributed by atoms with Gasteiger partial charge in [0.2, 0.25) is 0 Å². The summed E-state index contributed by atoms with van der Waals surface area (Å²) in [6.07, 6.45) is 6.27. The van der Waals surface area contributed by atoms with Gasteiger partial charge in [0.15, 0.2) is 0 Å². The fourth-order valence-corrected chi connectivity index (χ4v) is 2.64. The zero-order valence-electron chi connectivity index (χ0n) is 11.6. The van der Waals surface area contributed by atoms with E-state index in [1.807, 2.05) is 12.4 Å². The molecule has 0 aliphatic carbocycles. The second kappa shape index (κ2) is 6.86. The second-order valence-electron chi connectivity index (χ2n) is 5.50. The number of hydrogen-bond donors (Lipinski definition) is 1. The van der Waals surface area contributed by atoms with Gasteiger partial charge in [0.25, 0.3) is 0 Å². The minimum atomic E-state index is 0.688. The maximum absolute atomic E-state index is 4.08. The number of rotatable bonds is 3. The molecule has 1 fully saturated rings. The van der Waals surface area contributed by atoms with Gasteiger partial charge in [-0.3, -0.25) is 9.88 Å². The average molecular weight is 247 g/mol. The van der Waals surface area contributed by atoms with Crippen LogP contribution < -0.4 is 5.32 Å². The molecule has 2 heterocycles. The molecule has 0 spiro atoms. The molecule has 1 N–H and O–H groups in total. The van der Waals surface area contributed by atoms with E-state index < -0.39 is 0 Å². The third-order valence-electron chi connectivity index (χ3n) is 3.77. The summed E-state index contributed by atoms with van der Waals surface area (Å²) in [7, 11) is 0. The van der Waals surface area contributed by atoms with Crippen molar-refractivity contribution < 1.29 is 0 Å². The lowest BCUT2D eigenvalue weighted by atomic mass is 10.0. The predicted octanol–water partition coefficient (Wildman–Crippen LogP) is 2.29. The summed E-state index contributed by atoms with van der Waals surface area (Å²) < 4.78 is 0. The van der Waals surface area contributed by atoms with E-state index in [1.165, 1.54) is 31.5 Å². The van der Waals surface area contributed by atoms with Crippen LogP contribution in [0, 0.1) is 5.92 Å². The fraction of sp³-hybridized carbons (Fsp3) is 0.667. The third kappa shape index (κ3) is 4.07. The molecule has 1 aliphatic heterocycles. The average Bonchev–Trinajstić information content (AvgIpc) is 2.37. The van der Waals surface area contributed by atoms with Crippen molar-refractivity contribution in [2.45, 2.75) is 39.3 Å². The summed E-state index contributed by atoms with van der Waals surface area (Å²) in [5, 5.41) is 3.67. The van der Waals surface area contributed by atoms with Crippen molar-refractivity contribution >= 4 is 0 Å². The highest BCUT2D eigenvalue weighted by molar-refractivity contribution is 5.09. The molecule has 3 heteroatoms. The minimum Gasteiger partial charge on any atom is -0.314 e. The van der Waals surface area contributed by atoms with Crippen molar-refractivity contribution in [1.29, 1.82) is 0 Å². The largest absolute Gasteiger partial charge is 0.314 e. The molecule has 0 radical (unpaired) electrons. The van der Waals surface area contributed by atoms with Crippen molar-refractivity contribution in [1.82, 2.24) is 15.2 Å². The van der Waals surface area contributed by atoms with Gasteiger partial charge in [-0.05, 0) is 49.5 Å². The van der Waals surface area contributed by atoms with Crippen LogP contribution in [0.25, 0.3) is 0 Å². The third-order valence-corrected chi connectivity index (χ3v) is 3.77. The van der Waals surface area contributed by atoms with Gasteiger partial charge in [-0.2, -0.15) is 0 Å². The van der Waals surface area contributed by atoms with Crippen LogP contribution in [0.3, 0.4) is 0 Å². The van der Waals surface area contributed by atoms with Gasteiger partial charge in [-0.25, -0.2) is 0 Å². The predicted molar refractivity (Wildman–Crippen MR) is 75.4 cm³/mol. The fourth-order valence-electron chi connectivity index (χ4n) is 2.64. The van der Waals surface area contributed by atoms with Crippen molar-refractivity contribution in [2.75, 3.05) is 19.6 Å². The van der Waals surface area contributed by atoms with Gasteiger partial charge in [-0.15, -0.1) is 0 Å². The molecule has 1 saturated heterocycles. The molecule has 0 saturated carbocycles. The Bertz CT molecular complexity index is 339. The zero-order valence-corrected chi connectivity index (χ0v) is 11.6. The molecule has 2 atom stereocenters. The Morgan fingerprint density at radius 1 is 1.39 bits per heavy atom. The highest BCUT2D eigenvalue weighted by atomic mass is 15.1. The Labute approximate surface area is 111 Å². The van der Waals surface area contributed by atoms with Gasteiger partial charge < -0.3 is 5.32 Å². The van der Waals surface area contributed by atoms with E-state index in [1.54, 1.807) is 0 Å². The van der Waals surface area contributed by atoms with E-state index in [0.717, 1.165) is 19.0 Å². The Morgan fingerprint density at radius 2 is 2.17 bits per heavy atom. The molecule has 3 nitrogen and oxygen atoms in total. The monoisotopic (exact) mass is 247 g/mol. The molecule has 18 heavy (non-hydrogen) atoms. The van der Waals surface area contributed by atoms with E-state index in [4.69, 9.17) is 0 Å². The maximum atomic E-state index is 4.08. The molecule has 1 aromatic heterocycles. The van der Waals surface area contributed by atoms with Gasteiger partial charge in [0.1, 0.15) is 0 Å². The second-order valence-corrected chi connectivity index (χ2v) is 5.50. The van der Waals surface area contributed by atoms with Crippen molar-refractivity contribution in [3.05, 3.63) is 30.1 Å². The van der Waals surface area contributed by atoms with E-state index >= 15 is 0 Å². The summed E-state index contributed by atoms with van der Waals surface area (Å²) in [5.74, 6) is 0.723. The molecule has 1 aliphatic rings. The van der Waals surface area contributed by atoms with Crippen LogP contribution in [0.2, 0.25) is 0 Å². The molecule has 2 rings (SSSR count). The maximum Gasteiger partial charge on any atom is 0.0271 e. The Hall–Kier alpha value is -0.930. The summed E-state index contributed by atoms with van der Waals surface area (Å²) in [5.41, 5.74) is 1.37. The molecular formula is C15H25N3. The first-order valence-electron chi connectivity index (χ1n) is 7.12. The Morgan fingerprint density at radius 3 is 2.89 bits per heavy atom. The van der Waals surface area contributed by atoms with E-state index in [2.05, 4.69) is 41.2 Å². The number of nitrogens with zero attached hydrogens (tertiary/aromatic N) is 2. The Kier molecular flexibility index (Phi) is 5.14. The highest BCUT2D eigenvalue weighted by Gasteiger charge is 2.17. The summed E-state index contributed by atoms with van der Waals surface area (Å²) in [6.45, 7) is 9.19. The van der Waals surface area contributed by atoms with Gasteiger partial charge in [-0.1, -0.05) is 13.8 Å². The van der Waals surface area contributed by atoms with E-state index in [0.29, 0.717) is 6.04 Å². The molecule has 1 aromatic rings. The minimum absolute atomic E-state index is 0.688. The van der Waals surface area contributed by atoms with Crippen LogP contribution in [0.5, 0.6) is 0 Å². The number of nitrogens with one attached hydrogen (secondary N) is 1. The molecule has 0 bridgehead atoms. The standard InChI is InChI=1S/C15H25N3/c1-3-15-6-9-18(11-13(2)10-17-15)12-14-4-7-16-8-5-14/h4-5,7-8,13,15,17H,3,6,9-12H2,1-2H3. The van der Waals surface area contributed by atoms with Gasteiger partial charge >= 0.3 is 0 Å². The first-order valence-corrected chi connectivity index (χ1v) is 7.12. The van der Waals surface area contributed by atoms with E-state index in [-0.39, 0.29) is 0 Å². The number of hydrogen-bond acceptors (Lipinski definition) is 3. The van der Waals surface area contributed by atoms with Crippen molar-refractivity contribution in [3.63, 3.8) is 0 Å². The van der Waals surface area contributed by atoms with Crippen LogP contribution in [-0.4, -0.2) is 35.6 Å². The Balaban J connectivity index is 1.93. The summed E-state index contributed by atoms with van der Waals surface area (Å²) in [4.78, 5) is 6.67. The lowest BCUT2D eigenvalue weighted by Crippen LogP contribution is -2.43. The van der Waals surface area contributed by atoms with Crippen molar-refractivity contribution in [2.24, 2.45) is 5.92 Å². The zero-order chi connectivity index (χ0) is 12.8. The van der Waals surface area contributed by atoms with Crippen LogP contribution in [0.15, 0.2) is 24.5 Å². The quantitative estimate of drug-likeness (QED) is 0.888. The highest BCUT2D eigenvalue weighted by Crippen LogP contribution is 2.12. The van der Waals surface area contributed by atoms with Crippen LogP contribution in [-0.2, 0) is 6.54 Å². The lowest BCUT2D eigenvalue weighted by Gasteiger charge is -2.32. The van der Waals surface area contributed by atoms with Crippen LogP contribution in [0.4, 0.5) is 0 Å². The first kappa shape index (κ1) is 13.5. The molecule has 0 amide bonds.